The van der Waals surface area contributed by atoms with Gasteiger partial charge in [-0.15, -0.1) is 22.7 Å². The molecule has 13 nitrogen and oxygen atoms in total. The van der Waals surface area contributed by atoms with Crippen LogP contribution in [-0.2, 0) is 35.1 Å². The molecule has 1 aliphatic carbocycles. The Labute approximate surface area is 302 Å². The molecule has 0 spiro atoms. The summed E-state index contributed by atoms with van der Waals surface area (Å²) in [5.74, 6) is -1.97. The van der Waals surface area contributed by atoms with E-state index >= 15 is 0 Å². The fraction of sp³-hybridized carbons (Fsp3) is 0.686. The number of likely N-dealkylation sites (tertiary alicyclic amines) is 1. The minimum absolute atomic E-state index is 0.0175. The highest BCUT2D eigenvalue weighted by atomic mass is 32.1. The number of hydrogen-bond donors (Lipinski definition) is 2. The van der Waals surface area contributed by atoms with Crippen molar-refractivity contribution in [1.82, 2.24) is 30.4 Å². The zero-order chi connectivity index (χ0) is 36.6. The third-order valence-electron chi connectivity index (χ3n) is 9.74. The van der Waals surface area contributed by atoms with Gasteiger partial charge in [-0.3, -0.25) is 28.9 Å². The van der Waals surface area contributed by atoms with Crippen LogP contribution in [0.15, 0.2) is 17.0 Å². The molecule has 2 N–H and O–H groups in total. The second-order valence-corrected chi connectivity index (χ2v) is 15.9. The number of esters is 2. The van der Waals surface area contributed by atoms with E-state index in [1.54, 1.807) is 30.4 Å². The second-order valence-electron chi connectivity index (χ2n) is 14.0. The topological polar surface area (TPSA) is 160 Å². The highest BCUT2D eigenvalue weighted by Crippen LogP contribution is 2.40. The van der Waals surface area contributed by atoms with E-state index in [0.717, 1.165) is 30.8 Å². The van der Waals surface area contributed by atoms with Gasteiger partial charge in [-0.05, 0) is 58.0 Å². The molecule has 0 unspecified atom stereocenters. The monoisotopic (exact) mass is 732 g/mol. The van der Waals surface area contributed by atoms with E-state index in [-0.39, 0.29) is 53.9 Å². The van der Waals surface area contributed by atoms with Crippen molar-refractivity contribution in [3.8, 4) is 0 Å². The molecule has 0 radical (unpaired) electrons. The lowest BCUT2D eigenvalue weighted by Gasteiger charge is -2.37. The molecule has 50 heavy (non-hydrogen) atoms. The van der Waals surface area contributed by atoms with Crippen LogP contribution in [0.25, 0.3) is 0 Å². The molecule has 2 fully saturated rings. The molecule has 0 bridgehead atoms. The molecule has 5 atom stereocenters. The number of carbonyl (C=O) groups is 5. The smallest absolute Gasteiger partial charge is 0.308 e. The van der Waals surface area contributed by atoms with Gasteiger partial charge in [0, 0.05) is 55.9 Å². The van der Waals surface area contributed by atoms with Crippen LogP contribution in [0.2, 0.25) is 0 Å². The van der Waals surface area contributed by atoms with Gasteiger partial charge in [0.1, 0.15) is 16.2 Å². The quantitative estimate of drug-likeness (QED) is 0.226. The lowest BCUT2D eigenvalue weighted by molar-refractivity contribution is -0.149. The van der Waals surface area contributed by atoms with Crippen LogP contribution in [0, 0.1) is 11.8 Å². The zero-order valence-electron chi connectivity index (χ0n) is 30.2. The number of amides is 3. The van der Waals surface area contributed by atoms with E-state index < -0.39 is 29.4 Å². The predicted molar refractivity (Wildman–Crippen MR) is 190 cm³/mol. The summed E-state index contributed by atoms with van der Waals surface area (Å²) in [7, 11) is 5.02. The van der Waals surface area contributed by atoms with Crippen molar-refractivity contribution in [2.45, 2.75) is 115 Å². The van der Waals surface area contributed by atoms with E-state index in [4.69, 9.17) is 9.47 Å². The maximum Gasteiger partial charge on any atom is 0.308 e. The van der Waals surface area contributed by atoms with Crippen molar-refractivity contribution < 1.29 is 33.4 Å². The van der Waals surface area contributed by atoms with Crippen LogP contribution in [-0.4, -0.2) is 101 Å². The number of thiazole rings is 2. The number of ether oxygens (including phenoxy) is 2. The van der Waals surface area contributed by atoms with E-state index in [0.29, 0.717) is 37.1 Å². The Balaban J connectivity index is 1.46. The maximum absolute atomic E-state index is 14.0. The van der Waals surface area contributed by atoms with Crippen LogP contribution in [0.3, 0.4) is 0 Å². The van der Waals surface area contributed by atoms with Gasteiger partial charge in [0.05, 0.1) is 24.1 Å². The lowest BCUT2D eigenvalue weighted by Crippen LogP contribution is -2.57. The fourth-order valence-electron chi connectivity index (χ4n) is 6.67. The average molecular weight is 733 g/mol. The van der Waals surface area contributed by atoms with Gasteiger partial charge < -0.3 is 25.0 Å². The summed E-state index contributed by atoms with van der Waals surface area (Å²) < 4.78 is 10.7. The number of nitrogens with one attached hydrogen (secondary N) is 2. The first-order valence-corrected chi connectivity index (χ1v) is 19.2. The molecule has 4 rings (SSSR count). The Hall–Kier alpha value is -3.43. The second kappa shape index (κ2) is 17.7. The number of aromatic nitrogens is 2. The molecule has 1 saturated carbocycles. The highest BCUT2D eigenvalue weighted by molar-refractivity contribution is 7.10. The van der Waals surface area contributed by atoms with Gasteiger partial charge in [-0.2, -0.15) is 0 Å². The van der Waals surface area contributed by atoms with Crippen molar-refractivity contribution in [2.24, 2.45) is 11.8 Å². The number of likely N-dealkylation sites (N-methyl/N-ethyl adjacent to an activating group) is 2. The number of carbonyl (C=O) groups excluding carboxylic acids is 5. The van der Waals surface area contributed by atoms with Gasteiger partial charge in [0.15, 0.2) is 6.10 Å². The normalized spacial score (nSPS) is 19.5. The standard InChI is InChI=1S/C35H52N6O7S2/c1-21(2)27(41(6)34(46)35(13-14-35)39-31(44)26-10-8-9-16-40(26)5)19-28(48-23(4)42)32-38-25(20-50-32)30(43)37-24(18-22(3)33(45)47-7)11-12-29-36-15-17-49-29/h15,17,20-22,24,26-28H,8-14,16,18-19H2,1-7H3,(H,37,43)(H,39,44)/t22-,24-,26+,27+,28+/m0/s1. The highest BCUT2D eigenvalue weighted by Gasteiger charge is 2.54. The number of aryl methyl sites for hydroxylation is 1. The fourth-order valence-corrected chi connectivity index (χ4v) is 8.15. The Morgan fingerprint density at radius 2 is 1.86 bits per heavy atom. The molecule has 3 amide bonds. The molecule has 15 heteroatoms. The number of rotatable bonds is 17. The predicted octanol–water partition coefficient (Wildman–Crippen LogP) is 4.14. The third-order valence-corrected chi connectivity index (χ3v) is 11.5. The van der Waals surface area contributed by atoms with E-state index in [1.165, 1.54) is 36.7 Å². The minimum Gasteiger partial charge on any atom is -0.469 e. The number of methoxy groups -OCH3 is 1. The van der Waals surface area contributed by atoms with E-state index in [9.17, 15) is 24.0 Å². The summed E-state index contributed by atoms with van der Waals surface area (Å²) in [5, 5.41) is 11.0. The van der Waals surface area contributed by atoms with Crippen molar-refractivity contribution >= 4 is 52.3 Å². The van der Waals surface area contributed by atoms with Crippen LogP contribution < -0.4 is 10.6 Å². The van der Waals surface area contributed by atoms with Crippen molar-refractivity contribution in [1.29, 1.82) is 0 Å². The molecule has 276 valence electrons. The van der Waals surface area contributed by atoms with Gasteiger partial charge >= 0.3 is 11.9 Å². The van der Waals surface area contributed by atoms with E-state index in [2.05, 4.69) is 25.5 Å². The molecule has 2 aromatic heterocycles. The first-order valence-electron chi connectivity index (χ1n) is 17.4. The SMILES string of the molecule is COC(=O)[C@@H](C)C[C@H](CCc1nccs1)NC(=O)c1csc([C@@H](C[C@H](C(C)C)N(C)C(=O)C2(NC(=O)[C@H]3CCCCN3C)CC2)OC(C)=O)n1. The Morgan fingerprint density at radius 1 is 1.12 bits per heavy atom. The summed E-state index contributed by atoms with van der Waals surface area (Å²) >= 11 is 2.74. The summed E-state index contributed by atoms with van der Waals surface area (Å²) in [6.07, 6.45) is 6.75. The van der Waals surface area contributed by atoms with Gasteiger partial charge in [0.25, 0.3) is 5.91 Å². The molecule has 2 aliphatic rings. The number of nitrogens with zero attached hydrogens (tertiary/aromatic N) is 4. The molecular formula is C35H52N6O7S2. The van der Waals surface area contributed by atoms with Gasteiger partial charge in [-0.1, -0.05) is 27.2 Å². The summed E-state index contributed by atoms with van der Waals surface area (Å²) in [5.41, 5.74) is -0.757. The van der Waals surface area contributed by atoms with E-state index in [1.807, 2.05) is 26.3 Å². The number of hydrogen-bond acceptors (Lipinski definition) is 12. The Bertz CT molecular complexity index is 1480. The Morgan fingerprint density at radius 3 is 2.46 bits per heavy atom. The summed E-state index contributed by atoms with van der Waals surface area (Å²) in [4.78, 5) is 77.8. The Kier molecular flexibility index (Phi) is 13.9. The molecule has 2 aromatic rings. The van der Waals surface area contributed by atoms with Crippen LogP contribution in [0.5, 0.6) is 0 Å². The zero-order valence-corrected chi connectivity index (χ0v) is 31.9. The average Bonchev–Trinajstić information content (AvgIpc) is 3.43. The van der Waals surface area contributed by atoms with Crippen LogP contribution >= 0.6 is 22.7 Å². The molecule has 0 aromatic carbocycles. The molecule has 1 aliphatic heterocycles. The largest absolute Gasteiger partial charge is 0.469 e. The van der Waals surface area contributed by atoms with Crippen LogP contribution in [0.1, 0.15) is 106 Å². The minimum atomic E-state index is -0.928. The van der Waals surface area contributed by atoms with Crippen molar-refractivity contribution in [3.63, 3.8) is 0 Å². The summed E-state index contributed by atoms with van der Waals surface area (Å²) in [6, 6.07) is -0.933. The van der Waals surface area contributed by atoms with Gasteiger partial charge in [-0.25, -0.2) is 9.97 Å². The van der Waals surface area contributed by atoms with Crippen LogP contribution in [0.4, 0.5) is 0 Å². The molecule has 3 heterocycles. The third kappa shape index (κ3) is 10.3. The molecule has 1 saturated heterocycles. The van der Waals surface area contributed by atoms with Gasteiger partial charge in [0.2, 0.25) is 11.8 Å². The lowest BCUT2D eigenvalue weighted by atomic mass is 9.95. The van der Waals surface area contributed by atoms with Crippen molar-refractivity contribution in [2.75, 3.05) is 27.7 Å². The maximum atomic E-state index is 14.0. The van der Waals surface area contributed by atoms with Crippen molar-refractivity contribution in [3.05, 3.63) is 32.7 Å². The summed E-state index contributed by atoms with van der Waals surface area (Å²) in [6.45, 7) is 7.93. The number of piperidine rings is 1. The first kappa shape index (κ1) is 39.4. The first-order chi connectivity index (χ1) is 23.7. The molecular weight excluding hydrogens is 681 g/mol.